The van der Waals surface area contributed by atoms with Gasteiger partial charge in [-0.1, -0.05) is 71.8 Å². The second kappa shape index (κ2) is 15.2. The molecule has 0 bridgehead atoms. The molecule has 0 saturated heterocycles. The van der Waals surface area contributed by atoms with Crippen LogP contribution in [0.25, 0.3) is 0 Å². The molecular formula is C32H32N2O6S2. The third kappa shape index (κ3) is 11.4. The first kappa shape index (κ1) is 32.4. The van der Waals surface area contributed by atoms with Crippen LogP contribution in [-0.2, 0) is 20.2 Å². The van der Waals surface area contributed by atoms with Crippen molar-refractivity contribution in [3.63, 3.8) is 0 Å². The van der Waals surface area contributed by atoms with Gasteiger partial charge in [0.25, 0.3) is 0 Å². The number of hydrogen-bond acceptors (Lipinski definition) is 6. The van der Waals surface area contributed by atoms with Gasteiger partial charge in [-0.2, -0.15) is 0 Å². The fourth-order valence-electron chi connectivity index (χ4n) is 3.58. The van der Waals surface area contributed by atoms with Crippen molar-refractivity contribution in [2.75, 3.05) is 0 Å². The van der Waals surface area contributed by atoms with E-state index in [-0.39, 0.29) is 9.79 Å². The lowest BCUT2D eigenvalue weighted by Crippen LogP contribution is -2.72. The van der Waals surface area contributed by atoms with E-state index in [2.05, 4.69) is 83.4 Å². The highest BCUT2D eigenvalue weighted by Gasteiger charge is 2.03. The van der Waals surface area contributed by atoms with Gasteiger partial charge in [-0.3, -0.25) is 10.6 Å². The molecule has 0 aromatic heterocycles. The largest absolute Gasteiger partial charge is 0.744 e. The zero-order valence-electron chi connectivity index (χ0n) is 23.1. The van der Waals surface area contributed by atoms with Gasteiger partial charge >= 0.3 is 0 Å². The summed E-state index contributed by atoms with van der Waals surface area (Å²) < 4.78 is 62.3. The Labute approximate surface area is 247 Å². The fourth-order valence-corrected chi connectivity index (χ4v) is 4.52. The summed E-state index contributed by atoms with van der Waals surface area (Å²) >= 11 is 0. The van der Waals surface area contributed by atoms with Crippen LogP contribution in [0.15, 0.2) is 143 Å². The molecule has 0 radical (unpaired) electrons. The maximum absolute atomic E-state index is 10.4. The van der Waals surface area contributed by atoms with Crippen molar-refractivity contribution in [3.8, 4) is 0 Å². The Kier molecular flexibility index (Phi) is 11.7. The summed E-state index contributed by atoms with van der Waals surface area (Å²) in [4.78, 5) is -0.355. The van der Waals surface area contributed by atoms with Gasteiger partial charge in [0, 0.05) is 24.3 Å². The quantitative estimate of drug-likeness (QED) is 0.215. The van der Waals surface area contributed by atoms with Crippen molar-refractivity contribution < 1.29 is 36.6 Å². The van der Waals surface area contributed by atoms with Crippen molar-refractivity contribution in [3.05, 3.63) is 145 Å². The van der Waals surface area contributed by atoms with E-state index in [9.17, 15) is 25.9 Å². The first-order chi connectivity index (χ1) is 19.9. The second-order valence-corrected chi connectivity index (χ2v) is 12.1. The van der Waals surface area contributed by atoms with Crippen molar-refractivity contribution in [2.24, 2.45) is 0 Å². The van der Waals surface area contributed by atoms with Crippen LogP contribution in [0.3, 0.4) is 0 Å². The van der Waals surface area contributed by atoms with Crippen LogP contribution < -0.4 is 10.6 Å². The zero-order valence-corrected chi connectivity index (χ0v) is 24.8. The minimum absolute atomic E-state index is 0.178. The van der Waals surface area contributed by atoms with Gasteiger partial charge < -0.3 is 9.11 Å². The number of hydrogen-bond donors (Lipinski definition) is 2. The highest BCUT2D eigenvalue weighted by Crippen LogP contribution is 2.11. The van der Waals surface area contributed by atoms with Crippen LogP contribution >= 0.6 is 0 Å². The molecule has 5 rings (SSSR count). The molecule has 0 amide bonds. The smallest absolute Gasteiger partial charge is 0.135 e. The van der Waals surface area contributed by atoms with E-state index in [0.29, 0.717) is 0 Å². The highest BCUT2D eigenvalue weighted by atomic mass is 32.2. The van der Waals surface area contributed by atoms with Crippen molar-refractivity contribution in [1.29, 1.82) is 0 Å². The van der Waals surface area contributed by atoms with Crippen LogP contribution in [0.1, 0.15) is 11.1 Å². The van der Waals surface area contributed by atoms with E-state index in [1.165, 1.54) is 47.0 Å². The summed E-state index contributed by atoms with van der Waals surface area (Å²) in [6, 6.07) is 41.0. The Balaban J connectivity index is 0.000000188. The number of quaternary nitrogens is 2. The molecule has 0 spiro atoms. The molecule has 0 aliphatic rings. The minimum atomic E-state index is -4.27. The van der Waals surface area contributed by atoms with Gasteiger partial charge in [0.1, 0.15) is 43.0 Å². The second-order valence-electron chi connectivity index (χ2n) is 9.31. The molecule has 5 aromatic carbocycles. The van der Waals surface area contributed by atoms with E-state index in [1.807, 2.05) is 26.0 Å². The number of aryl methyl sites for hydroxylation is 2. The third-order valence-corrected chi connectivity index (χ3v) is 7.52. The van der Waals surface area contributed by atoms with Gasteiger partial charge in [-0.05, 0) is 62.4 Å². The van der Waals surface area contributed by atoms with E-state index in [1.54, 1.807) is 24.3 Å². The van der Waals surface area contributed by atoms with Crippen LogP contribution in [0.2, 0.25) is 0 Å². The molecule has 5 aromatic rings. The van der Waals surface area contributed by atoms with Crippen molar-refractivity contribution in [1.82, 2.24) is 0 Å². The first-order valence-electron chi connectivity index (χ1n) is 12.8. The fraction of sp³-hybridized carbons (Fsp3) is 0.0625. The predicted molar refractivity (Wildman–Crippen MR) is 160 cm³/mol. The summed E-state index contributed by atoms with van der Waals surface area (Å²) in [6.07, 6.45) is 0. The molecule has 0 unspecified atom stereocenters. The Morgan fingerprint density at radius 3 is 0.929 bits per heavy atom. The topological polar surface area (TPSA) is 148 Å². The van der Waals surface area contributed by atoms with Crippen LogP contribution in [0.5, 0.6) is 0 Å². The van der Waals surface area contributed by atoms with Gasteiger partial charge in [-0.15, -0.1) is 0 Å². The third-order valence-electron chi connectivity index (χ3n) is 5.82. The van der Waals surface area contributed by atoms with Crippen LogP contribution in [-0.4, -0.2) is 25.9 Å². The van der Waals surface area contributed by atoms with E-state index in [4.69, 9.17) is 0 Å². The molecule has 8 nitrogen and oxygen atoms in total. The molecule has 4 N–H and O–H groups in total. The summed E-state index contributed by atoms with van der Waals surface area (Å²) in [5, 5.41) is 4.37. The Hall–Kier alpha value is -4.16. The Morgan fingerprint density at radius 1 is 0.405 bits per heavy atom. The number of rotatable bonds is 6. The molecule has 10 heteroatoms. The van der Waals surface area contributed by atoms with Gasteiger partial charge in [0.15, 0.2) is 0 Å². The summed E-state index contributed by atoms with van der Waals surface area (Å²) in [6.45, 7) is 3.64. The van der Waals surface area contributed by atoms with E-state index < -0.39 is 20.2 Å². The molecule has 0 aliphatic carbocycles. The lowest BCUT2D eigenvalue weighted by atomic mass is 10.2. The van der Waals surface area contributed by atoms with Gasteiger partial charge in [0.05, 0.1) is 9.79 Å². The molecule has 0 heterocycles. The number of nitrogens with two attached hydrogens (primary N) is 2. The summed E-state index contributed by atoms with van der Waals surface area (Å²) in [5.41, 5.74) is 6.76. The van der Waals surface area contributed by atoms with Crippen molar-refractivity contribution in [2.45, 2.75) is 23.6 Å². The standard InChI is InChI=1S/C18H16N2.2C7H8O3S/c1-3-7-15(8-4-1)19-17-11-13-18(14-12-17)20-16-9-5-2-6-10-16;2*1-6-2-4-7(5-3-6)11(8,9)10/h1-14,19-20H;2*2-5H,1H3,(H,8,9,10). The summed E-state index contributed by atoms with van der Waals surface area (Å²) in [7, 11) is -8.54. The first-order valence-corrected chi connectivity index (χ1v) is 15.7. The minimum Gasteiger partial charge on any atom is -0.744 e. The normalized spacial score (nSPS) is 11.0. The molecule has 42 heavy (non-hydrogen) atoms. The highest BCUT2D eigenvalue weighted by molar-refractivity contribution is 7.86. The maximum atomic E-state index is 10.4. The molecule has 0 aliphatic heterocycles. The molecule has 0 fully saturated rings. The van der Waals surface area contributed by atoms with Gasteiger partial charge in [-0.25, -0.2) is 16.8 Å². The Morgan fingerprint density at radius 2 is 0.667 bits per heavy atom. The van der Waals surface area contributed by atoms with Crippen LogP contribution in [0.4, 0.5) is 22.7 Å². The SMILES string of the molecule is Cc1ccc(S(=O)(=O)[O-])cc1.Cc1ccc(S(=O)(=O)[O-])cc1.c1ccc([NH2+]c2ccc([NH2+]c3ccccc3)cc2)cc1. The zero-order chi connectivity index (χ0) is 30.6. The lowest BCUT2D eigenvalue weighted by Gasteiger charge is -2.05. The van der Waals surface area contributed by atoms with Crippen LogP contribution in [0, 0.1) is 13.8 Å². The van der Waals surface area contributed by atoms with Gasteiger partial charge in [0.2, 0.25) is 0 Å². The average molecular weight is 605 g/mol. The molecule has 218 valence electrons. The number of para-hydroxylation sites is 2. The molecular weight excluding hydrogens is 572 g/mol. The maximum Gasteiger partial charge on any atom is 0.135 e. The lowest BCUT2D eigenvalue weighted by molar-refractivity contribution is -0.483. The number of benzene rings is 5. The monoisotopic (exact) mass is 604 g/mol. The molecule has 0 saturated carbocycles. The Bertz CT molecular complexity index is 1610. The average Bonchev–Trinajstić information content (AvgIpc) is 2.95. The summed E-state index contributed by atoms with van der Waals surface area (Å²) in [5.74, 6) is 0. The predicted octanol–water partition coefficient (Wildman–Crippen LogP) is 4.54. The van der Waals surface area contributed by atoms with E-state index in [0.717, 1.165) is 11.1 Å². The van der Waals surface area contributed by atoms with Crippen molar-refractivity contribution >= 4 is 43.0 Å². The van der Waals surface area contributed by atoms with E-state index >= 15 is 0 Å². The molecule has 0 atom stereocenters.